The number of benzene rings is 2. The zero-order valence-electron chi connectivity index (χ0n) is 21.3. The molecule has 35 heavy (non-hydrogen) atoms. The van der Waals surface area contributed by atoms with E-state index in [4.69, 9.17) is 0 Å². The maximum atomic E-state index is 14.9. The fraction of sp³-hybridized carbons (Fsp3) is 0.613. The van der Waals surface area contributed by atoms with Crippen molar-refractivity contribution in [1.29, 1.82) is 0 Å². The first-order chi connectivity index (χ1) is 16.9. The lowest BCUT2D eigenvalue weighted by molar-refractivity contribution is 0.302. The molecule has 2 aliphatic carbocycles. The average Bonchev–Trinajstić information content (AvgIpc) is 2.88. The molecule has 0 heterocycles. The number of hydrogen-bond donors (Lipinski definition) is 0. The van der Waals surface area contributed by atoms with Crippen molar-refractivity contribution in [2.45, 2.75) is 109 Å². The quantitative estimate of drug-likeness (QED) is 0.324. The van der Waals surface area contributed by atoms with E-state index < -0.39 is 23.3 Å². The topological polar surface area (TPSA) is 0 Å². The fourth-order valence-corrected chi connectivity index (χ4v) is 6.50. The van der Waals surface area contributed by atoms with E-state index in [2.05, 4.69) is 6.92 Å². The first-order valence-corrected chi connectivity index (χ1v) is 13.9. The van der Waals surface area contributed by atoms with Gasteiger partial charge in [-0.1, -0.05) is 51.0 Å². The van der Waals surface area contributed by atoms with Crippen molar-refractivity contribution in [3.8, 4) is 0 Å². The highest BCUT2D eigenvalue weighted by atomic mass is 19.2. The summed E-state index contributed by atoms with van der Waals surface area (Å²) in [5.74, 6) is -1.38. The minimum atomic E-state index is -0.689. The second-order valence-corrected chi connectivity index (χ2v) is 11.0. The lowest BCUT2D eigenvalue weighted by atomic mass is 9.76. The summed E-state index contributed by atoms with van der Waals surface area (Å²) in [4.78, 5) is 0. The zero-order valence-corrected chi connectivity index (χ0v) is 21.3. The molecular weight excluding hydrogens is 448 g/mol. The summed E-state index contributed by atoms with van der Waals surface area (Å²) in [5.41, 5.74) is 1.98. The lowest BCUT2D eigenvalue weighted by Gasteiger charge is -2.30. The van der Waals surface area contributed by atoms with Crippen molar-refractivity contribution in [3.05, 3.63) is 69.8 Å². The molecule has 0 amide bonds. The predicted octanol–water partition coefficient (Wildman–Crippen LogP) is 9.79. The van der Waals surface area contributed by atoms with Crippen LogP contribution in [0, 0.1) is 35.1 Å². The second-order valence-electron chi connectivity index (χ2n) is 11.0. The van der Waals surface area contributed by atoms with Crippen molar-refractivity contribution < 1.29 is 17.6 Å². The predicted molar refractivity (Wildman–Crippen MR) is 135 cm³/mol. The minimum Gasteiger partial charge on any atom is -0.203 e. The van der Waals surface area contributed by atoms with Gasteiger partial charge in [0.1, 0.15) is 0 Å². The number of hydrogen-bond acceptors (Lipinski definition) is 0. The largest absolute Gasteiger partial charge is 0.203 e. The molecule has 2 fully saturated rings. The van der Waals surface area contributed by atoms with Gasteiger partial charge in [0.2, 0.25) is 0 Å². The van der Waals surface area contributed by atoms with Crippen LogP contribution in [0.5, 0.6) is 0 Å². The highest BCUT2D eigenvalue weighted by Gasteiger charge is 2.28. The minimum absolute atomic E-state index is 0.0349. The maximum absolute atomic E-state index is 14.9. The Morgan fingerprint density at radius 2 is 1.03 bits per heavy atom. The third kappa shape index (κ3) is 5.94. The third-order valence-electron chi connectivity index (χ3n) is 8.88. The molecule has 2 aromatic carbocycles. The highest BCUT2D eigenvalue weighted by Crippen LogP contribution is 2.41. The molecule has 4 rings (SSSR count). The van der Waals surface area contributed by atoms with E-state index in [-0.39, 0.29) is 11.8 Å². The smallest absolute Gasteiger partial charge is 0.162 e. The van der Waals surface area contributed by atoms with E-state index in [0.717, 1.165) is 70.1 Å². The van der Waals surface area contributed by atoms with Crippen LogP contribution in [0.4, 0.5) is 17.6 Å². The van der Waals surface area contributed by atoms with Gasteiger partial charge in [0.15, 0.2) is 23.3 Å². The molecule has 0 nitrogen and oxygen atoms in total. The van der Waals surface area contributed by atoms with E-state index >= 15 is 0 Å². The molecule has 0 N–H and O–H groups in total. The Morgan fingerprint density at radius 3 is 1.49 bits per heavy atom. The standard InChI is InChI=1S/C31H40F4/c1-3-5-24-16-18-26(30(34)28(24)32)23-13-8-21(9-14-23)10-15-25-17-19-27(31(35)29(25)33)22-11-6-20(4-2)7-12-22/h16-23H,3-15H2,1-2H3. The van der Waals surface area contributed by atoms with Gasteiger partial charge in [-0.3, -0.25) is 0 Å². The first kappa shape index (κ1) is 26.2. The summed E-state index contributed by atoms with van der Waals surface area (Å²) in [7, 11) is 0. The number of aryl methyl sites for hydroxylation is 2. The Morgan fingerprint density at radius 1 is 0.571 bits per heavy atom. The van der Waals surface area contributed by atoms with Crippen molar-refractivity contribution >= 4 is 0 Å². The van der Waals surface area contributed by atoms with E-state index in [9.17, 15) is 17.6 Å². The molecule has 0 aromatic heterocycles. The molecule has 2 aliphatic rings. The molecule has 0 atom stereocenters. The Bertz CT molecular complexity index is 982. The first-order valence-electron chi connectivity index (χ1n) is 13.9. The van der Waals surface area contributed by atoms with Gasteiger partial charge in [0.05, 0.1) is 0 Å². The van der Waals surface area contributed by atoms with Crippen LogP contribution in [0.1, 0.15) is 119 Å². The molecule has 4 heteroatoms. The van der Waals surface area contributed by atoms with Crippen LogP contribution in [-0.4, -0.2) is 0 Å². The Kier molecular flexibility index (Phi) is 8.94. The van der Waals surface area contributed by atoms with E-state index in [1.54, 1.807) is 18.2 Å². The molecule has 0 unspecified atom stereocenters. The van der Waals surface area contributed by atoms with Gasteiger partial charge in [0, 0.05) is 0 Å². The summed E-state index contributed by atoms with van der Waals surface area (Å²) >= 11 is 0. The molecule has 2 saturated carbocycles. The molecule has 0 bridgehead atoms. The fourth-order valence-electron chi connectivity index (χ4n) is 6.50. The van der Waals surface area contributed by atoms with E-state index in [1.807, 2.05) is 13.0 Å². The van der Waals surface area contributed by atoms with Gasteiger partial charge >= 0.3 is 0 Å². The number of rotatable bonds is 8. The molecular formula is C31H40F4. The molecule has 2 aromatic rings. The summed E-state index contributed by atoms with van der Waals surface area (Å²) in [6, 6.07) is 7.12. The maximum Gasteiger partial charge on any atom is 0.162 e. The van der Waals surface area contributed by atoms with Crippen LogP contribution in [0.3, 0.4) is 0 Å². The molecule has 0 aliphatic heterocycles. The Labute approximate surface area is 208 Å². The van der Waals surface area contributed by atoms with Crippen molar-refractivity contribution in [3.63, 3.8) is 0 Å². The normalized spacial score (nSPS) is 25.1. The monoisotopic (exact) mass is 488 g/mol. The van der Waals surface area contributed by atoms with Crippen LogP contribution in [0.25, 0.3) is 0 Å². The van der Waals surface area contributed by atoms with E-state index in [0.29, 0.717) is 41.0 Å². The van der Waals surface area contributed by atoms with Crippen LogP contribution >= 0.6 is 0 Å². The van der Waals surface area contributed by atoms with Crippen molar-refractivity contribution in [1.82, 2.24) is 0 Å². The summed E-state index contributed by atoms with van der Waals surface area (Å²) < 4.78 is 58.9. The van der Waals surface area contributed by atoms with Crippen LogP contribution in [0.15, 0.2) is 24.3 Å². The van der Waals surface area contributed by atoms with Gasteiger partial charge in [-0.2, -0.15) is 0 Å². The summed E-state index contributed by atoms with van der Waals surface area (Å²) in [5, 5.41) is 0. The van der Waals surface area contributed by atoms with Crippen molar-refractivity contribution in [2.75, 3.05) is 0 Å². The number of halogens is 4. The third-order valence-corrected chi connectivity index (χ3v) is 8.88. The second kappa shape index (κ2) is 11.9. The zero-order chi connectivity index (χ0) is 24.9. The van der Waals surface area contributed by atoms with Gasteiger partial charge in [0.25, 0.3) is 0 Å². The lowest BCUT2D eigenvalue weighted by Crippen LogP contribution is -2.16. The van der Waals surface area contributed by atoms with Crippen molar-refractivity contribution in [2.24, 2.45) is 11.8 Å². The van der Waals surface area contributed by atoms with Gasteiger partial charge in [-0.25, -0.2) is 17.6 Å². The molecule has 0 spiro atoms. The summed E-state index contributed by atoms with van der Waals surface area (Å²) in [6.07, 6.45) is 11.4. The Hall–Kier alpha value is -1.84. The summed E-state index contributed by atoms with van der Waals surface area (Å²) in [6.45, 7) is 4.16. The van der Waals surface area contributed by atoms with Gasteiger partial charge in [-0.05, 0) is 117 Å². The highest BCUT2D eigenvalue weighted by molar-refractivity contribution is 5.31. The van der Waals surface area contributed by atoms with Crippen LogP contribution in [0.2, 0.25) is 0 Å². The van der Waals surface area contributed by atoms with Crippen LogP contribution < -0.4 is 0 Å². The van der Waals surface area contributed by atoms with E-state index in [1.165, 1.54) is 6.42 Å². The van der Waals surface area contributed by atoms with Gasteiger partial charge < -0.3 is 0 Å². The SMILES string of the molecule is CCCc1ccc(C2CCC(CCc3ccc(C4CCC(CC)CC4)c(F)c3F)CC2)c(F)c1F. The average molecular weight is 489 g/mol. The molecule has 0 saturated heterocycles. The Balaban J connectivity index is 1.31. The van der Waals surface area contributed by atoms with Crippen LogP contribution in [-0.2, 0) is 12.8 Å². The van der Waals surface area contributed by atoms with Gasteiger partial charge in [-0.15, -0.1) is 0 Å². The molecule has 192 valence electrons. The molecule has 0 radical (unpaired) electrons.